The zero-order valence-corrected chi connectivity index (χ0v) is 11.2. The average molecular weight is 237 g/mol. The molecular formula is C14H23NO2. The Hall–Kier alpha value is -1.22. The molecule has 96 valence electrons. The summed E-state index contributed by atoms with van der Waals surface area (Å²) in [5.74, 6) is 0.857. The molecule has 0 aromatic heterocycles. The summed E-state index contributed by atoms with van der Waals surface area (Å²) in [6.45, 7) is 8.03. The number of aliphatic hydroxyl groups is 1. The number of hydrogen-bond acceptors (Lipinski definition) is 3. The van der Waals surface area contributed by atoms with Crippen LogP contribution in [0.2, 0.25) is 0 Å². The third-order valence-corrected chi connectivity index (χ3v) is 2.91. The van der Waals surface area contributed by atoms with Crippen LogP contribution in [0.15, 0.2) is 18.2 Å². The minimum Gasteiger partial charge on any atom is -0.496 e. The van der Waals surface area contributed by atoms with Crippen LogP contribution in [0.5, 0.6) is 5.75 Å². The fourth-order valence-corrected chi connectivity index (χ4v) is 2.01. The van der Waals surface area contributed by atoms with Crippen LogP contribution in [0.4, 0.5) is 5.69 Å². The van der Waals surface area contributed by atoms with Gasteiger partial charge < -0.3 is 14.7 Å². The van der Waals surface area contributed by atoms with Gasteiger partial charge in [0.05, 0.1) is 13.2 Å². The predicted molar refractivity (Wildman–Crippen MR) is 71.9 cm³/mol. The molecular weight excluding hydrogens is 214 g/mol. The Morgan fingerprint density at radius 1 is 1.29 bits per heavy atom. The molecule has 0 aliphatic rings. The van der Waals surface area contributed by atoms with Crippen LogP contribution in [0.3, 0.4) is 0 Å². The molecule has 3 nitrogen and oxygen atoms in total. The summed E-state index contributed by atoms with van der Waals surface area (Å²) in [4.78, 5) is 2.27. The Kier molecular flexibility index (Phi) is 5.29. The van der Waals surface area contributed by atoms with Gasteiger partial charge in [-0.1, -0.05) is 6.07 Å². The lowest BCUT2D eigenvalue weighted by molar-refractivity contribution is 0.194. The lowest BCUT2D eigenvalue weighted by atomic mass is 10.1. The molecule has 0 aliphatic heterocycles. The van der Waals surface area contributed by atoms with Crippen molar-refractivity contribution < 1.29 is 9.84 Å². The van der Waals surface area contributed by atoms with Crippen molar-refractivity contribution in [1.82, 2.24) is 0 Å². The molecule has 0 saturated carbocycles. The highest BCUT2D eigenvalue weighted by molar-refractivity contribution is 5.53. The van der Waals surface area contributed by atoms with Gasteiger partial charge in [0.2, 0.25) is 0 Å². The maximum absolute atomic E-state index is 9.43. The van der Waals surface area contributed by atoms with Gasteiger partial charge in [-0.05, 0) is 32.4 Å². The number of rotatable bonds is 6. The molecule has 0 spiro atoms. The van der Waals surface area contributed by atoms with Crippen molar-refractivity contribution in [2.75, 3.05) is 25.1 Å². The van der Waals surface area contributed by atoms with Crippen molar-refractivity contribution in [3.8, 4) is 5.75 Å². The molecule has 17 heavy (non-hydrogen) atoms. The van der Waals surface area contributed by atoms with E-state index in [0.29, 0.717) is 6.42 Å². The number of benzene rings is 1. The van der Waals surface area contributed by atoms with E-state index in [1.54, 1.807) is 14.0 Å². The van der Waals surface area contributed by atoms with Crippen LogP contribution < -0.4 is 9.64 Å². The predicted octanol–water partition coefficient (Wildman–Crippen LogP) is 2.46. The molecule has 0 aliphatic carbocycles. The summed E-state index contributed by atoms with van der Waals surface area (Å²) < 4.78 is 5.39. The molecule has 1 aromatic rings. The Balaban J connectivity index is 2.99. The third kappa shape index (κ3) is 3.63. The van der Waals surface area contributed by atoms with Crippen molar-refractivity contribution in [2.45, 2.75) is 33.3 Å². The number of methoxy groups -OCH3 is 1. The Labute approximate surface area is 104 Å². The normalized spacial score (nSPS) is 12.3. The Morgan fingerprint density at radius 2 is 1.94 bits per heavy atom. The highest BCUT2D eigenvalue weighted by Gasteiger charge is 2.09. The van der Waals surface area contributed by atoms with Crippen molar-refractivity contribution in [3.63, 3.8) is 0 Å². The van der Waals surface area contributed by atoms with E-state index in [2.05, 4.69) is 24.8 Å². The van der Waals surface area contributed by atoms with Gasteiger partial charge in [0.25, 0.3) is 0 Å². The van der Waals surface area contributed by atoms with E-state index in [-0.39, 0.29) is 6.10 Å². The maximum atomic E-state index is 9.43. The summed E-state index contributed by atoms with van der Waals surface area (Å²) in [7, 11) is 1.67. The van der Waals surface area contributed by atoms with Crippen LogP contribution in [-0.4, -0.2) is 31.4 Å². The van der Waals surface area contributed by atoms with Crippen LogP contribution >= 0.6 is 0 Å². The summed E-state index contributed by atoms with van der Waals surface area (Å²) in [5.41, 5.74) is 2.22. The molecule has 0 bridgehead atoms. The summed E-state index contributed by atoms with van der Waals surface area (Å²) in [5, 5.41) is 9.43. The van der Waals surface area contributed by atoms with Gasteiger partial charge in [-0.3, -0.25) is 0 Å². The molecule has 1 aromatic carbocycles. The van der Waals surface area contributed by atoms with E-state index in [1.807, 2.05) is 12.1 Å². The van der Waals surface area contributed by atoms with Crippen LogP contribution in [0.1, 0.15) is 26.3 Å². The molecule has 1 N–H and O–H groups in total. The Bertz CT molecular complexity index is 346. The van der Waals surface area contributed by atoms with Gasteiger partial charge in [0, 0.05) is 31.3 Å². The lowest BCUT2D eigenvalue weighted by Crippen LogP contribution is -2.21. The van der Waals surface area contributed by atoms with Gasteiger partial charge in [0.1, 0.15) is 5.75 Å². The second-order valence-corrected chi connectivity index (χ2v) is 4.22. The second-order valence-electron chi connectivity index (χ2n) is 4.22. The molecule has 0 amide bonds. The Morgan fingerprint density at radius 3 is 2.41 bits per heavy atom. The van der Waals surface area contributed by atoms with Crippen molar-refractivity contribution in [3.05, 3.63) is 23.8 Å². The highest BCUT2D eigenvalue weighted by Crippen LogP contribution is 2.26. The molecule has 3 heteroatoms. The van der Waals surface area contributed by atoms with E-state index in [0.717, 1.165) is 24.4 Å². The van der Waals surface area contributed by atoms with Gasteiger partial charge >= 0.3 is 0 Å². The number of anilines is 1. The molecule has 1 rings (SSSR count). The van der Waals surface area contributed by atoms with Gasteiger partial charge in [0.15, 0.2) is 0 Å². The van der Waals surface area contributed by atoms with Crippen molar-refractivity contribution >= 4 is 5.69 Å². The zero-order chi connectivity index (χ0) is 12.8. The smallest absolute Gasteiger partial charge is 0.124 e. The van der Waals surface area contributed by atoms with Crippen molar-refractivity contribution in [1.29, 1.82) is 0 Å². The standard InChI is InChI=1S/C14H23NO2/c1-5-15(6-2)13-8-7-12(9-11(3)16)14(10-13)17-4/h7-8,10-11,16H,5-6,9H2,1-4H3/t11-/m1/s1. The fourth-order valence-electron chi connectivity index (χ4n) is 2.01. The maximum Gasteiger partial charge on any atom is 0.124 e. The molecule has 0 unspecified atom stereocenters. The average Bonchev–Trinajstić information content (AvgIpc) is 2.31. The first-order valence-corrected chi connectivity index (χ1v) is 6.22. The van der Waals surface area contributed by atoms with E-state index >= 15 is 0 Å². The molecule has 0 fully saturated rings. The second kappa shape index (κ2) is 6.50. The van der Waals surface area contributed by atoms with Crippen LogP contribution in [0, 0.1) is 0 Å². The van der Waals surface area contributed by atoms with E-state index < -0.39 is 0 Å². The molecule has 1 atom stereocenters. The van der Waals surface area contributed by atoms with E-state index in [1.165, 1.54) is 5.69 Å². The van der Waals surface area contributed by atoms with Gasteiger partial charge in [-0.2, -0.15) is 0 Å². The van der Waals surface area contributed by atoms with E-state index in [4.69, 9.17) is 4.74 Å². The summed E-state index contributed by atoms with van der Waals surface area (Å²) in [6.07, 6.45) is 0.282. The minimum atomic E-state index is -0.344. The number of hydrogen-bond donors (Lipinski definition) is 1. The first-order chi connectivity index (χ1) is 8.12. The number of aliphatic hydroxyl groups excluding tert-OH is 1. The van der Waals surface area contributed by atoms with E-state index in [9.17, 15) is 5.11 Å². The quantitative estimate of drug-likeness (QED) is 0.825. The van der Waals surface area contributed by atoms with Gasteiger partial charge in [-0.15, -0.1) is 0 Å². The number of ether oxygens (including phenoxy) is 1. The third-order valence-electron chi connectivity index (χ3n) is 2.91. The monoisotopic (exact) mass is 237 g/mol. The lowest BCUT2D eigenvalue weighted by Gasteiger charge is -2.22. The SMILES string of the molecule is CCN(CC)c1ccc(C[C@@H](C)O)c(OC)c1. The topological polar surface area (TPSA) is 32.7 Å². The highest BCUT2D eigenvalue weighted by atomic mass is 16.5. The summed E-state index contributed by atoms with van der Waals surface area (Å²) >= 11 is 0. The van der Waals surface area contributed by atoms with Crippen LogP contribution in [-0.2, 0) is 6.42 Å². The van der Waals surface area contributed by atoms with Crippen LogP contribution in [0.25, 0.3) is 0 Å². The first-order valence-electron chi connectivity index (χ1n) is 6.22. The van der Waals surface area contributed by atoms with Crippen molar-refractivity contribution in [2.24, 2.45) is 0 Å². The fraction of sp³-hybridized carbons (Fsp3) is 0.571. The largest absolute Gasteiger partial charge is 0.496 e. The molecule has 0 radical (unpaired) electrons. The molecule has 0 heterocycles. The minimum absolute atomic E-state index is 0.344. The van der Waals surface area contributed by atoms with Gasteiger partial charge in [-0.25, -0.2) is 0 Å². The number of nitrogens with zero attached hydrogens (tertiary/aromatic N) is 1. The molecule has 0 saturated heterocycles. The summed E-state index contributed by atoms with van der Waals surface area (Å²) in [6, 6.07) is 6.18. The first kappa shape index (κ1) is 13.8. The zero-order valence-electron chi connectivity index (χ0n) is 11.2.